The van der Waals surface area contributed by atoms with Crippen molar-refractivity contribution < 1.29 is 9.53 Å². The first-order chi connectivity index (χ1) is 8.90. The molecule has 4 heteroatoms. The zero-order valence-corrected chi connectivity index (χ0v) is 11.4. The summed E-state index contributed by atoms with van der Waals surface area (Å²) in [5.41, 5.74) is 1.60. The van der Waals surface area contributed by atoms with Gasteiger partial charge in [0.05, 0.1) is 18.0 Å². The Bertz CT molecular complexity index is 526. The number of carbonyl (C=O) groups is 1. The normalized spacial score (nSPS) is 21.4. The van der Waals surface area contributed by atoms with Crippen molar-refractivity contribution in [3.8, 4) is 6.07 Å². The highest BCUT2D eigenvalue weighted by molar-refractivity contribution is 5.69. The van der Waals surface area contributed by atoms with Gasteiger partial charge in [-0.2, -0.15) is 5.26 Å². The molecule has 0 saturated heterocycles. The Morgan fingerprint density at radius 1 is 1.42 bits per heavy atom. The first-order valence-corrected chi connectivity index (χ1v) is 6.37. The lowest BCUT2D eigenvalue weighted by Gasteiger charge is -2.23. The molecule has 0 fully saturated rings. The summed E-state index contributed by atoms with van der Waals surface area (Å²) >= 11 is 0. The van der Waals surface area contributed by atoms with Crippen LogP contribution in [0.4, 0.5) is 4.79 Å². The molecule has 1 aliphatic rings. The Kier molecular flexibility index (Phi) is 3.48. The summed E-state index contributed by atoms with van der Waals surface area (Å²) in [6.07, 6.45) is 0.196. The van der Waals surface area contributed by atoms with Crippen molar-refractivity contribution in [2.24, 2.45) is 5.92 Å². The molecule has 1 N–H and O–H groups in total. The summed E-state index contributed by atoms with van der Waals surface area (Å²) in [5, 5.41) is 12.0. The first kappa shape index (κ1) is 13.4. The second kappa shape index (κ2) is 4.93. The van der Waals surface area contributed by atoms with Crippen LogP contribution in [0.5, 0.6) is 0 Å². The van der Waals surface area contributed by atoms with Crippen LogP contribution in [-0.2, 0) is 11.2 Å². The van der Waals surface area contributed by atoms with Crippen molar-refractivity contribution in [2.75, 3.05) is 0 Å². The number of carbonyl (C=O) groups excluding carboxylic acids is 1. The number of nitriles is 1. The minimum atomic E-state index is -0.537. The van der Waals surface area contributed by atoms with E-state index in [0.29, 0.717) is 6.42 Å². The maximum atomic E-state index is 11.8. The van der Waals surface area contributed by atoms with E-state index in [1.807, 2.05) is 45.0 Å². The molecule has 100 valence electrons. The molecule has 0 aromatic heterocycles. The molecule has 1 aromatic rings. The first-order valence-electron chi connectivity index (χ1n) is 6.37. The average molecular weight is 258 g/mol. The van der Waals surface area contributed by atoms with E-state index >= 15 is 0 Å². The fraction of sp³-hybridized carbons (Fsp3) is 0.467. The number of ether oxygens (including phenoxy) is 1. The monoisotopic (exact) mass is 258 g/mol. The highest BCUT2D eigenvalue weighted by Crippen LogP contribution is 2.35. The zero-order chi connectivity index (χ0) is 14.0. The van der Waals surface area contributed by atoms with E-state index in [1.54, 1.807) is 0 Å². The number of hydrogen-bond acceptors (Lipinski definition) is 3. The Labute approximate surface area is 113 Å². The van der Waals surface area contributed by atoms with E-state index in [-0.39, 0.29) is 12.0 Å². The summed E-state index contributed by atoms with van der Waals surface area (Å²) in [6.45, 7) is 5.45. The van der Waals surface area contributed by atoms with Gasteiger partial charge in [-0.15, -0.1) is 0 Å². The van der Waals surface area contributed by atoms with Crippen LogP contribution in [0, 0.1) is 17.2 Å². The number of rotatable bonds is 1. The quantitative estimate of drug-likeness (QED) is 0.842. The summed E-state index contributed by atoms with van der Waals surface area (Å²) < 4.78 is 5.25. The van der Waals surface area contributed by atoms with Crippen molar-refractivity contribution >= 4 is 6.09 Å². The van der Waals surface area contributed by atoms with Crippen LogP contribution < -0.4 is 5.32 Å². The molecule has 2 atom stereocenters. The number of benzene rings is 1. The van der Waals surface area contributed by atoms with Crippen LogP contribution in [0.25, 0.3) is 0 Å². The van der Waals surface area contributed by atoms with E-state index in [2.05, 4.69) is 11.4 Å². The average Bonchev–Trinajstić information content (AvgIpc) is 2.65. The molecule has 0 aliphatic heterocycles. The van der Waals surface area contributed by atoms with Crippen molar-refractivity contribution in [2.45, 2.75) is 38.8 Å². The number of fused-ring (bicyclic) bond motifs is 1. The molecule has 1 aromatic carbocycles. The predicted octanol–water partition coefficient (Wildman–Crippen LogP) is 2.95. The van der Waals surface area contributed by atoms with Gasteiger partial charge in [-0.25, -0.2) is 4.79 Å². The lowest BCUT2D eigenvalue weighted by molar-refractivity contribution is 0.0496. The van der Waals surface area contributed by atoms with Crippen LogP contribution >= 0.6 is 0 Å². The van der Waals surface area contributed by atoms with Crippen LogP contribution in [0.3, 0.4) is 0 Å². The molecule has 19 heavy (non-hydrogen) atoms. The molecule has 0 saturated carbocycles. The standard InChI is InChI=1S/C15H18N2O2/c1-15(2,3)19-14(18)17-13-11(9-16)8-10-6-4-5-7-12(10)13/h4-7,11,13H,8H2,1-3H3,(H,17,18)/t11-,13-/m1/s1. The molecule has 0 spiro atoms. The summed E-state index contributed by atoms with van der Waals surface area (Å²) in [7, 11) is 0. The van der Waals surface area contributed by atoms with Gasteiger partial charge in [0.15, 0.2) is 0 Å². The molecule has 4 nitrogen and oxygen atoms in total. The van der Waals surface area contributed by atoms with Crippen LogP contribution in [0.2, 0.25) is 0 Å². The third-order valence-electron chi connectivity index (χ3n) is 3.07. The Balaban J connectivity index is 2.15. The molecule has 1 amide bonds. The van der Waals surface area contributed by atoms with Gasteiger partial charge >= 0.3 is 6.09 Å². The highest BCUT2D eigenvalue weighted by Gasteiger charge is 2.34. The van der Waals surface area contributed by atoms with Gasteiger partial charge in [-0.3, -0.25) is 0 Å². The predicted molar refractivity (Wildman–Crippen MR) is 71.4 cm³/mol. The minimum Gasteiger partial charge on any atom is -0.444 e. The summed E-state index contributed by atoms with van der Waals surface area (Å²) in [6, 6.07) is 9.79. The van der Waals surface area contributed by atoms with Gasteiger partial charge in [0.1, 0.15) is 5.60 Å². The highest BCUT2D eigenvalue weighted by atomic mass is 16.6. The summed E-state index contributed by atoms with van der Waals surface area (Å²) in [5.74, 6) is -0.232. The number of alkyl carbamates (subject to hydrolysis) is 1. The van der Waals surface area contributed by atoms with Gasteiger partial charge in [0.2, 0.25) is 0 Å². The third kappa shape index (κ3) is 3.05. The number of nitrogens with one attached hydrogen (secondary N) is 1. The van der Waals surface area contributed by atoms with E-state index < -0.39 is 11.7 Å². The maximum absolute atomic E-state index is 11.8. The number of amides is 1. The lowest BCUT2D eigenvalue weighted by atomic mass is 10.0. The van der Waals surface area contributed by atoms with Crippen LogP contribution in [0.1, 0.15) is 37.9 Å². The fourth-order valence-corrected chi connectivity index (χ4v) is 2.33. The van der Waals surface area contributed by atoms with Gasteiger partial charge < -0.3 is 10.1 Å². The van der Waals surface area contributed by atoms with Gasteiger partial charge in [-0.05, 0) is 38.3 Å². The van der Waals surface area contributed by atoms with Crippen molar-refractivity contribution in [1.29, 1.82) is 5.26 Å². The van der Waals surface area contributed by atoms with Gasteiger partial charge in [0.25, 0.3) is 0 Å². The van der Waals surface area contributed by atoms with Crippen molar-refractivity contribution in [3.63, 3.8) is 0 Å². The second-order valence-electron chi connectivity index (χ2n) is 5.76. The Hall–Kier alpha value is -2.02. The van der Waals surface area contributed by atoms with Crippen molar-refractivity contribution in [3.05, 3.63) is 35.4 Å². The van der Waals surface area contributed by atoms with E-state index in [1.165, 1.54) is 0 Å². The SMILES string of the molecule is CC(C)(C)OC(=O)N[C@H]1c2ccccc2C[C@@H]1C#N. The van der Waals surface area contributed by atoms with Crippen LogP contribution in [0.15, 0.2) is 24.3 Å². The molecule has 0 bridgehead atoms. The number of hydrogen-bond donors (Lipinski definition) is 1. The molecule has 1 aliphatic carbocycles. The second-order valence-corrected chi connectivity index (χ2v) is 5.76. The van der Waals surface area contributed by atoms with Crippen molar-refractivity contribution in [1.82, 2.24) is 5.32 Å². The van der Waals surface area contributed by atoms with Gasteiger partial charge in [-0.1, -0.05) is 24.3 Å². The maximum Gasteiger partial charge on any atom is 0.408 e. The molecule has 0 unspecified atom stereocenters. The zero-order valence-electron chi connectivity index (χ0n) is 11.4. The van der Waals surface area contributed by atoms with E-state index in [0.717, 1.165) is 11.1 Å². The van der Waals surface area contributed by atoms with Gasteiger partial charge in [0, 0.05) is 0 Å². The minimum absolute atomic E-state index is 0.232. The molecular weight excluding hydrogens is 240 g/mol. The Morgan fingerprint density at radius 3 is 2.74 bits per heavy atom. The largest absolute Gasteiger partial charge is 0.444 e. The molecular formula is C15H18N2O2. The lowest BCUT2D eigenvalue weighted by Crippen LogP contribution is -2.36. The molecule has 0 heterocycles. The van der Waals surface area contributed by atoms with Crippen LogP contribution in [-0.4, -0.2) is 11.7 Å². The summed E-state index contributed by atoms with van der Waals surface area (Å²) in [4.78, 5) is 11.8. The molecule has 0 radical (unpaired) electrons. The smallest absolute Gasteiger partial charge is 0.408 e. The molecule has 2 rings (SSSR count). The Morgan fingerprint density at radius 2 is 2.11 bits per heavy atom. The van der Waals surface area contributed by atoms with E-state index in [4.69, 9.17) is 4.74 Å². The topological polar surface area (TPSA) is 62.1 Å². The number of nitrogens with zero attached hydrogens (tertiary/aromatic N) is 1. The van der Waals surface area contributed by atoms with E-state index in [9.17, 15) is 10.1 Å². The third-order valence-corrected chi connectivity index (χ3v) is 3.07. The fourth-order valence-electron chi connectivity index (χ4n) is 2.33.